The fourth-order valence-corrected chi connectivity index (χ4v) is 10.5. The summed E-state index contributed by atoms with van der Waals surface area (Å²) in [5.74, 6) is -0.0655. The molecule has 0 atom stereocenters. The molecule has 6 heteroatoms. The Balaban J connectivity index is 2.67. The van der Waals surface area contributed by atoms with Crippen molar-refractivity contribution in [3.05, 3.63) is 42.0 Å². The number of rotatable bonds is 7. The maximum Gasteiger partial charge on any atom is 0.332 e. The summed E-state index contributed by atoms with van der Waals surface area (Å²) in [5.41, 5.74) is 1.30. The maximum absolute atomic E-state index is 11.5. The molecule has 1 N–H and O–H groups in total. The lowest BCUT2D eigenvalue weighted by molar-refractivity contribution is -0.137. The Morgan fingerprint density at radius 1 is 1.18 bits per heavy atom. The lowest BCUT2D eigenvalue weighted by Gasteiger charge is -2.33. The van der Waals surface area contributed by atoms with Crippen molar-refractivity contribution in [2.24, 2.45) is 0 Å². The maximum atomic E-state index is 11.5. The molecule has 0 heterocycles. The first-order valence-corrected chi connectivity index (χ1v) is 13.6. The summed E-state index contributed by atoms with van der Waals surface area (Å²) in [6.07, 6.45) is 0.315. The Hall–Kier alpha value is -1.38. The largest absolute Gasteiger partial charge is 0.508 e. The van der Waals surface area contributed by atoms with Crippen molar-refractivity contribution < 1.29 is 18.8 Å². The number of ether oxygens (including phenoxy) is 1. The zero-order valence-electron chi connectivity index (χ0n) is 14.1. The van der Waals surface area contributed by atoms with Gasteiger partial charge in [0.25, 0.3) is 0 Å². The molecule has 0 spiro atoms. The normalized spacial score (nSPS) is 12.0. The number of phenols is 1. The number of phenolic OH excluding ortho intramolecular Hbond substituents is 1. The molecule has 4 nitrogen and oxygen atoms in total. The molecule has 1 rings (SSSR count). The number of benzene rings is 1. The molecule has 0 fully saturated rings. The van der Waals surface area contributed by atoms with Crippen LogP contribution in [0.1, 0.15) is 12.5 Å². The van der Waals surface area contributed by atoms with Crippen molar-refractivity contribution >= 4 is 22.6 Å². The van der Waals surface area contributed by atoms with Crippen molar-refractivity contribution in [1.82, 2.24) is 0 Å². The third kappa shape index (κ3) is 6.17. The number of para-hydroxylation sites is 1. The van der Waals surface area contributed by atoms with Crippen LogP contribution in [0.25, 0.3) is 0 Å². The van der Waals surface area contributed by atoms with Crippen LogP contribution >= 0.6 is 0 Å². The Labute approximate surface area is 135 Å². The van der Waals surface area contributed by atoms with Crippen LogP contribution in [-0.2, 0) is 19.7 Å². The van der Waals surface area contributed by atoms with Gasteiger partial charge in [-0.2, -0.15) is 0 Å². The van der Waals surface area contributed by atoms with Crippen LogP contribution < -0.4 is 0 Å². The van der Waals surface area contributed by atoms with Gasteiger partial charge in [0, 0.05) is 5.57 Å². The molecular weight excluding hydrogens is 312 g/mol. The molecule has 0 saturated carbocycles. The molecule has 122 valence electrons. The highest BCUT2D eigenvalue weighted by atomic mass is 28.4. The van der Waals surface area contributed by atoms with Gasteiger partial charge in [-0.1, -0.05) is 24.8 Å². The molecule has 1 aromatic rings. The summed E-state index contributed by atoms with van der Waals surface area (Å²) in [6.45, 7) is 13.5. The third-order valence-electron chi connectivity index (χ3n) is 3.06. The van der Waals surface area contributed by atoms with E-state index in [0.717, 1.165) is 11.6 Å². The van der Waals surface area contributed by atoms with E-state index < -0.39 is 16.6 Å². The number of carbonyl (C=O) groups is 1. The molecule has 22 heavy (non-hydrogen) atoms. The molecule has 0 bridgehead atoms. The number of esters is 1. The molecular formula is C16H26O4Si2. The zero-order valence-corrected chi connectivity index (χ0v) is 16.1. The predicted octanol–water partition coefficient (Wildman–Crippen LogP) is 3.56. The highest BCUT2D eigenvalue weighted by Crippen LogP contribution is 2.24. The molecule has 0 amide bonds. The van der Waals surface area contributed by atoms with Crippen LogP contribution in [0, 0.1) is 0 Å². The first-order valence-electron chi connectivity index (χ1n) is 7.32. The molecule has 1 aromatic carbocycles. The van der Waals surface area contributed by atoms with Crippen molar-refractivity contribution in [2.75, 3.05) is 6.23 Å². The smallest absolute Gasteiger partial charge is 0.332 e. The van der Waals surface area contributed by atoms with E-state index in [1.807, 2.05) is 31.3 Å². The fourth-order valence-electron chi connectivity index (χ4n) is 2.30. The van der Waals surface area contributed by atoms with Crippen molar-refractivity contribution in [3.8, 4) is 5.75 Å². The average Bonchev–Trinajstić information content (AvgIpc) is 2.37. The summed E-state index contributed by atoms with van der Waals surface area (Å²) in [6, 6.07) is 8.06. The van der Waals surface area contributed by atoms with E-state index in [2.05, 4.69) is 19.7 Å². The first-order chi connectivity index (χ1) is 10.0. The number of hydrogen-bond acceptors (Lipinski definition) is 4. The van der Waals surface area contributed by atoms with E-state index >= 15 is 0 Å². The van der Waals surface area contributed by atoms with Gasteiger partial charge in [-0.3, -0.25) is 0 Å². The lowest BCUT2D eigenvalue weighted by atomic mass is 10.2. The SMILES string of the molecule is C=C(C)C(=O)OC[Si](C)(C)O[Si](C)(C)Cc1ccccc1O. The van der Waals surface area contributed by atoms with Gasteiger partial charge in [0.2, 0.25) is 8.32 Å². The minimum absolute atomic E-state index is 0.305. The molecule has 0 saturated heterocycles. The second-order valence-electron chi connectivity index (χ2n) is 6.78. The highest BCUT2D eigenvalue weighted by Gasteiger charge is 2.35. The zero-order chi connectivity index (χ0) is 17.0. The summed E-state index contributed by atoms with van der Waals surface area (Å²) < 4.78 is 11.6. The molecule has 0 aliphatic rings. The summed E-state index contributed by atoms with van der Waals surface area (Å²) in [7, 11) is -4.14. The standard InChI is InChI=1S/C16H26O4Si2/c1-13(2)16(18)19-12-22(5,6)20-21(3,4)11-14-9-7-8-10-15(14)17/h7-10,17H,1,11-12H2,2-6H3. The second-order valence-corrected chi connectivity index (χ2v) is 15.3. The summed E-state index contributed by atoms with van der Waals surface area (Å²) in [4.78, 5) is 11.5. The van der Waals surface area contributed by atoms with E-state index in [1.54, 1.807) is 13.0 Å². The Morgan fingerprint density at radius 3 is 2.32 bits per heavy atom. The van der Waals surface area contributed by atoms with Gasteiger partial charge < -0.3 is 14.0 Å². The highest BCUT2D eigenvalue weighted by molar-refractivity contribution is 6.84. The minimum atomic E-state index is -2.12. The lowest BCUT2D eigenvalue weighted by Crippen LogP contribution is -2.49. The van der Waals surface area contributed by atoms with Gasteiger partial charge >= 0.3 is 5.97 Å². The van der Waals surface area contributed by atoms with Gasteiger partial charge in [-0.25, -0.2) is 4.79 Å². The first kappa shape index (κ1) is 18.7. The molecule has 0 unspecified atom stereocenters. The van der Waals surface area contributed by atoms with Crippen molar-refractivity contribution in [1.29, 1.82) is 0 Å². The van der Waals surface area contributed by atoms with Crippen LogP contribution in [0.4, 0.5) is 0 Å². The fraction of sp³-hybridized carbons (Fsp3) is 0.438. The summed E-state index contributed by atoms with van der Waals surface area (Å²) in [5, 5.41) is 9.91. The molecule has 0 radical (unpaired) electrons. The van der Waals surface area contributed by atoms with Crippen molar-refractivity contribution in [3.63, 3.8) is 0 Å². The second kappa shape index (κ2) is 7.26. The van der Waals surface area contributed by atoms with Crippen molar-refractivity contribution in [2.45, 2.75) is 39.2 Å². The number of aromatic hydroxyl groups is 1. The van der Waals surface area contributed by atoms with Crippen LogP contribution in [0.5, 0.6) is 5.75 Å². The average molecular weight is 339 g/mol. The number of hydrogen-bond donors (Lipinski definition) is 1. The monoisotopic (exact) mass is 338 g/mol. The quantitative estimate of drug-likeness (QED) is 0.469. The Morgan fingerprint density at radius 2 is 1.77 bits per heavy atom. The van der Waals surface area contributed by atoms with E-state index in [1.165, 1.54) is 0 Å². The topological polar surface area (TPSA) is 55.8 Å². The van der Waals surface area contributed by atoms with Crippen LogP contribution in [0.3, 0.4) is 0 Å². The van der Waals surface area contributed by atoms with Crippen LogP contribution in [0.15, 0.2) is 36.4 Å². The molecule has 0 aliphatic carbocycles. The van der Waals surface area contributed by atoms with Gasteiger partial charge in [0.1, 0.15) is 12.0 Å². The van der Waals surface area contributed by atoms with Gasteiger partial charge in [-0.15, -0.1) is 0 Å². The van der Waals surface area contributed by atoms with Gasteiger partial charge in [0.05, 0.1) is 0 Å². The number of carbonyl (C=O) groups excluding carboxylic acids is 1. The van der Waals surface area contributed by atoms with Crippen LogP contribution in [0.2, 0.25) is 26.2 Å². The molecule has 0 aromatic heterocycles. The Bertz CT molecular complexity index is 553. The summed E-state index contributed by atoms with van der Waals surface area (Å²) >= 11 is 0. The van der Waals surface area contributed by atoms with E-state index in [9.17, 15) is 9.90 Å². The van der Waals surface area contributed by atoms with E-state index in [0.29, 0.717) is 17.6 Å². The Kier molecular flexibility index (Phi) is 6.16. The van der Waals surface area contributed by atoms with Crippen LogP contribution in [-0.4, -0.2) is 33.9 Å². The van der Waals surface area contributed by atoms with E-state index in [-0.39, 0.29) is 5.97 Å². The van der Waals surface area contributed by atoms with E-state index in [4.69, 9.17) is 8.85 Å². The third-order valence-corrected chi connectivity index (χ3v) is 9.55. The molecule has 0 aliphatic heterocycles. The predicted molar refractivity (Wildman–Crippen MR) is 93.6 cm³/mol. The minimum Gasteiger partial charge on any atom is -0.508 e. The van der Waals surface area contributed by atoms with Gasteiger partial charge in [0.15, 0.2) is 8.32 Å². The van der Waals surface area contributed by atoms with Gasteiger partial charge in [-0.05, 0) is 50.8 Å².